The summed E-state index contributed by atoms with van der Waals surface area (Å²) >= 11 is 0. The van der Waals surface area contributed by atoms with E-state index in [2.05, 4.69) is 45.0 Å². The van der Waals surface area contributed by atoms with E-state index >= 15 is 0 Å². The Hall–Kier alpha value is -5.58. The van der Waals surface area contributed by atoms with E-state index in [0.717, 1.165) is 36.9 Å². The Kier molecular flexibility index (Phi) is 12.0. The molecule has 1 atom stereocenters. The van der Waals surface area contributed by atoms with Crippen molar-refractivity contribution in [2.24, 2.45) is 0 Å². The molecule has 6 aromatic carbocycles. The largest absolute Gasteiger partial charge is 0.439 e. The van der Waals surface area contributed by atoms with Gasteiger partial charge >= 0.3 is 6.09 Å². The number of benzene rings is 6. The first-order valence-electron chi connectivity index (χ1n) is 19.6. The first-order valence-corrected chi connectivity index (χ1v) is 22.9. The summed E-state index contributed by atoms with van der Waals surface area (Å²) in [6.07, 6.45) is -0.0199. The van der Waals surface area contributed by atoms with Crippen LogP contribution in [0, 0.1) is 6.92 Å². The number of aryl methyl sites for hydroxylation is 1. The summed E-state index contributed by atoms with van der Waals surface area (Å²) in [4.78, 5) is 13.9. The maximum Gasteiger partial charge on any atom is 0.429 e. The first kappa shape index (κ1) is 40.6. The highest BCUT2D eigenvalue weighted by atomic mass is 32.2. The highest BCUT2D eigenvalue weighted by Crippen LogP contribution is 2.42. The first-order chi connectivity index (χ1) is 28.0. The van der Waals surface area contributed by atoms with Crippen molar-refractivity contribution in [3.05, 3.63) is 210 Å². The average Bonchev–Trinajstić information content (AvgIpc) is 3.57. The maximum absolute atomic E-state index is 14.4. The van der Waals surface area contributed by atoms with Gasteiger partial charge in [0.2, 0.25) is 0 Å². The zero-order valence-corrected chi connectivity index (χ0v) is 35.1. The fourth-order valence-electron chi connectivity index (χ4n) is 8.04. The molecule has 1 saturated heterocycles. The predicted octanol–water partition coefficient (Wildman–Crippen LogP) is 9.36. The van der Waals surface area contributed by atoms with Crippen molar-refractivity contribution < 1.29 is 27.1 Å². The van der Waals surface area contributed by atoms with Gasteiger partial charge in [0.05, 0.1) is 17.2 Å². The molecular weight excluding hydrogens is 759 g/mol. The number of sulfonamides is 1. The SMILES string of the molecule is Cc1ccc(S(=O)(=O)N2C(=O)O[C@H](CCO[Si](c3ccccc3)(c3ccccc3)C(C)(C)C)/C2=C/COC(c2ccccc2)(c2ccccc2)c2ccccc2)cc1. The molecule has 1 aliphatic heterocycles. The normalized spacial score (nSPS) is 15.7. The van der Waals surface area contributed by atoms with Crippen molar-refractivity contribution in [3.63, 3.8) is 0 Å². The third kappa shape index (κ3) is 7.83. The quantitative estimate of drug-likeness (QED) is 0.0807. The summed E-state index contributed by atoms with van der Waals surface area (Å²) in [6, 6.07) is 56.9. The average molecular weight is 808 g/mol. The lowest BCUT2D eigenvalue weighted by Crippen LogP contribution is -2.66. The number of ether oxygens (including phenoxy) is 2. The minimum Gasteiger partial charge on any atom is -0.439 e. The molecule has 0 unspecified atom stereocenters. The molecule has 0 bridgehead atoms. The fraction of sp³-hybridized carbons (Fsp3) is 0.204. The zero-order valence-electron chi connectivity index (χ0n) is 33.3. The summed E-state index contributed by atoms with van der Waals surface area (Å²) in [5.74, 6) is 0. The summed E-state index contributed by atoms with van der Waals surface area (Å²) in [7, 11) is -7.32. The summed E-state index contributed by atoms with van der Waals surface area (Å²) in [5, 5.41) is 1.94. The Morgan fingerprint density at radius 2 is 1.09 bits per heavy atom. The van der Waals surface area contributed by atoms with E-state index in [1.165, 1.54) is 12.1 Å². The van der Waals surface area contributed by atoms with Crippen molar-refractivity contribution in [2.75, 3.05) is 13.2 Å². The second kappa shape index (κ2) is 17.1. The van der Waals surface area contributed by atoms with Crippen molar-refractivity contribution in [1.82, 2.24) is 4.31 Å². The molecule has 1 aliphatic rings. The Morgan fingerprint density at radius 1 is 0.655 bits per heavy atom. The molecular formula is C49H49NO6SSi. The van der Waals surface area contributed by atoms with Crippen molar-refractivity contribution in [2.45, 2.75) is 55.8 Å². The molecule has 0 saturated carbocycles. The van der Waals surface area contributed by atoms with Gasteiger partial charge < -0.3 is 13.9 Å². The van der Waals surface area contributed by atoms with Gasteiger partial charge in [0, 0.05) is 13.0 Å². The van der Waals surface area contributed by atoms with E-state index in [0.29, 0.717) is 0 Å². The van der Waals surface area contributed by atoms with Crippen LogP contribution in [0.25, 0.3) is 0 Å². The minimum absolute atomic E-state index is 0.0155. The van der Waals surface area contributed by atoms with Crippen LogP contribution in [0.15, 0.2) is 193 Å². The monoisotopic (exact) mass is 807 g/mol. The topological polar surface area (TPSA) is 82.1 Å². The molecule has 6 aromatic rings. The lowest BCUT2D eigenvalue weighted by molar-refractivity contribution is 0.0311. The number of nitrogens with zero attached hydrogens (tertiary/aromatic N) is 1. The Labute approximate surface area is 343 Å². The Morgan fingerprint density at radius 3 is 1.52 bits per heavy atom. The van der Waals surface area contributed by atoms with E-state index in [4.69, 9.17) is 13.9 Å². The van der Waals surface area contributed by atoms with Gasteiger partial charge in [-0.3, -0.25) is 0 Å². The van der Waals surface area contributed by atoms with Crippen LogP contribution in [0.3, 0.4) is 0 Å². The maximum atomic E-state index is 14.4. The third-order valence-corrected chi connectivity index (χ3v) is 17.5. The van der Waals surface area contributed by atoms with Crippen LogP contribution >= 0.6 is 0 Å². The van der Waals surface area contributed by atoms with Crippen LogP contribution in [0.1, 0.15) is 49.4 Å². The molecule has 0 aliphatic carbocycles. The second-order valence-corrected chi connectivity index (χ2v) is 21.6. The predicted molar refractivity (Wildman–Crippen MR) is 232 cm³/mol. The Bertz CT molecular complexity index is 2290. The lowest BCUT2D eigenvalue weighted by Gasteiger charge is -2.43. The van der Waals surface area contributed by atoms with Crippen molar-refractivity contribution >= 4 is 34.8 Å². The molecule has 7 rings (SSSR count). The van der Waals surface area contributed by atoms with Gasteiger partial charge in [-0.05, 0) is 57.2 Å². The molecule has 0 radical (unpaired) electrons. The molecule has 1 amide bonds. The zero-order chi connectivity index (χ0) is 40.8. The van der Waals surface area contributed by atoms with Crippen LogP contribution < -0.4 is 10.4 Å². The second-order valence-electron chi connectivity index (χ2n) is 15.5. The van der Waals surface area contributed by atoms with Gasteiger partial charge in [0.15, 0.2) is 0 Å². The van der Waals surface area contributed by atoms with Crippen LogP contribution in [0.4, 0.5) is 4.79 Å². The standard InChI is InChI=1S/C49H49NO6SSi/c1-38-30-32-42(33-31-38)57(52,53)50-45(34-36-54-49(39-20-10-5-11-21-39,40-22-12-6-13-23-40)41-24-14-7-15-25-41)46(56-47(50)51)35-37-55-58(48(2,3)4,43-26-16-8-17-27-43)44-28-18-9-19-29-44/h5-34,46H,35-37H2,1-4H3/b45-34-/t46-/m1/s1. The number of cyclic esters (lactones) is 1. The van der Waals surface area contributed by atoms with Crippen LogP contribution in [-0.4, -0.2) is 46.5 Å². The molecule has 9 heteroatoms. The van der Waals surface area contributed by atoms with Gasteiger partial charge in [-0.2, -0.15) is 4.31 Å². The lowest BCUT2D eigenvalue weighted by atomic mass is 9.80. The van der Waals surface area contributed by atoms with Crippen LogP contribution in [-0.2, 0) is 29.5 Å². The molecule has 58 heavy (non-hydrogen) atoms. The molecule has 296 valence electrons. The fourth-order valence-corrected chi connectivity index (χ4v) is 14.0. The summed E-state index contributed by atoms with van der Waals surface area (Å²) in [6.45, 7) is 8.62. The molecule has 0 aromatic heterocycles. The van der Waals surface area contributed by atoms with E-state index < -0.39 is 36.1 Å². The minimum atomic E-state index is -4.37. The summed E-state index contributed by atoms with van der Waals surface area (Å²) in [5.41, 5.74) is 2.67. The number of hydrogen-bond donors (Lipinski definition) is 0. The summed E-state index contributed by atoms with van der Waals surface area (Å²) < 4.78 is 49.8. The molecule has 0 spiro atoms. The van der Waals surface area contributed by atoms with Gasteiger partial charge in [-0.1, -0.05) is 190 Å². The molecule has 1 heterocycles. The van der Waals surface area contributed by atoms with Gasteiger partial charge in [0.1, 0.15) is 11.7 Å². The van der Waals surface area contributed by atoms with E-state index in [1.807, 2.05) is 134 Å². The van der Waals surface area contributed by atoms with Crippen LogP contribution in [0.5, 0.6) is 0 Å². The third-order valence-electron chi connectivity index (χ3n) is 10.8. The van der Waals surface area contributed by atoms with Crippen molar-refractivity contribution in [1.29, 1.82) is 0 Å². The van der Waals surface area contributed by atoms with Gasteiger partial charge in [-0.25, -0.2) is 13.2 Å². The molecule has 1 fully saturated rings. The number of rotatable bonds is 14. The smallest absolute Gasteiger partial charge is 0.429 e. The highest BCUT2D eigenvalue weighted by Gasteiger charge is 2.51. The Balaban J connectivity index is 1.29. The number of hydrogen-bond acceptors (Lipinski definition) is 6. The number of carbonyl (C=O) groups is 1. The van der Waals surface area contributed by atoms with Crippen LogP contribution in [0.2, 0.25) is 5.04 Å². The van der Waals surface area contributed by atoms with Gasteiger partial charge in [0.25, 0.3) is 18.3 Å². The van der Waals surface area contributed by atoms with Gasteiger partial charge in [-0.15, -0.1) is 0 Å². The van der Waals surface area contributed by atoms with E-state index in [-0.39, 0.29) is 35.3 Å². The van der Waals surface area contributed by atoms with E-state index in [9.17, 15) is 13.2 Å². The van der Waals surface area contributed by atoms with Crippen molar-refractivity contribution in [3.8, 4) is 0 Å². The van der Waals surface area contributed by atoms with E-state index in [1.54, 1.807) is 18.2 Å². The molecule has 0 N–H and O–H groups in total. The number of carbonyl (C=O) groups excluding carboxylic acids is 1. The molecule has 7 nitrogen and oxygen atoms in total. The number of amides is 1. The highest BCUT2D eigenvalue weighted by molar-refractivity contribution is 7.89.